The van der Waals surface area contributed by atoms with E-state index in [-0.39, 0.29) is 22.7 Å². The summed E-state index contributed by atoms with van der Waals surface area (Å²) in [5.74, 6) is 1.51. The van der Waals surface area contributed by atoms with Crippen LogP contribution in [0.5, 0.6) is 0 Å². The molecule has 9 atom stereocenters. The summed E-state index contributed by atoms with van der Waals surface area (Å²) in [7, 11) is 0. The van der Waals surface area contributed by atoms with Gasteiger partial charge in [-0.3, -0.25) is 0 Å². The number of alkyl halides is 5. The van der Waals surface area contributed by atoms with E-state index in [2.05, 4.69) is 13.8 Å². The van der Waals surface area contributed by atoms with Crippen LogP contribution in [0.15, 0.2) is 0 Å². The maximum absolute atomic E-state index is 13.3. The molecule has 0 N–H and O–H groups in total. The van der Waals surface area contributed by atoms with E-state index in [1.54, 1.807) is 0 Å². The first kappa shape index (κ1) is 21.9. The molecule has 0 aliphatic heterocycles. The smallest absolute Gasteiger partial charge is 0.210 e. The molecule has 4 rings (SSSR count). The van der Waals surface area contributed by atoms with E-state index in [4.69, 9.17) is 0 Å². The Hall–Kier alpha value is -0.350. The van der Waals surface area contributed by atoms with E-state index in [9.17, 15) is 22.0 Å². The van der Waals surface area contributed by atoms with E-state index in [0.717, 1.165) is 44.9 Å². The largest absolute Gasteiger partial charge is 0.389 e. The summed E-state index contributed by atoms with van der Waals surface area (Å²) in [4.78, 5) is 0. The molecule has 0 nitrogen and oxygen atoms in total. The van der Waals surface area contributed by atoms with Crippen LogP contribution in [0, 0.1) is 52.3 Å². The average Bonchev–Trinajstić information content (AvgIpc) is 2.96. The predicted octanol–water partition coefficient (Wildman–Crippen LogP) is 8.12. The van der Waals surface area contributed by atoms with Crippen molar-refractivity contribution in [3.8, 4) is 0 Å². The summed E-state index contributed by atoms with van der Waals surface area (Å²) < 4.78 is 65.8. The molecule has 4 saturated carbocycles. The number of fused-ring (bicyclic) bond motifs is 5. The Morgan fingerprint density at radius 2 is 1.52 bits per heavy atom. The molecule has 5 heteroatoms. The molecule has 0 aromatic carbocycles. The Labute approximate surface area is 172 Å². The van der Waals surface area contributed by atoms with Crippen LogP contribution in [0.25, 0.3) is 0 Å². The second-order valence-corrected chi connectivity index (χ2v) is 11.6. The summed E-state index contributed by atoms with van der Waals surface area (Å²) in [5, 5.41) is 0. The lowest BCUT2D eigenvalue weighted by atomic mass is 9.44. The minimum atomic E-state index is -4.08. The highest BCUT2D eigenvalue weighted by molar-refractivity contribution is 5.09. The summed E-state index contributed by atoms with van der Waals surface area (Å²) >= 11 is 0. The lowest BCUT2D eigenvalue weighted by Gasteiger charge is -2.61. The number of hydrogen-bond acceptors (Lipinski definition) is 0. The molecule has 0 bridgehead atoms. The standard InChI is InChI=1S/C24H37F5/c1-14(13-24(27,28)29)18-6-7-19-17-5-4-16-12-15(21(25)26)8-10-22(16,2)20(17)9-11-23(18,19)3/h14-21H,4-13H2,1-3H3. The SMILES string of the molecule is CC(CC(F)(F)F)C1CCC2C3CCC4CC(C(F)F)CCC4(C)C3CCC12C. The quantitative estimate of drug-likeness (QED) is 0.404. The summed E-state index contributed by atoms with van der Waals surface area (Å²) in [5.41, 5.74) is 0.181. The van der Waals surface area contributed by atoms with Gasteiger partial charge in [0.1, 0.15) is 0 Å². The van der Waals surface area contributed by atoms with Gasteiger partial charge in [0.2, 0.25) is 6.43 Å². The van der Waals surface area contributed by atoms with Crippen molar-refractivity contribution in [3.05, 3.63) is 0 Å². The molecular weight excluding hydrogens is 383 g/mol. The van der Waals surface area contributed by atoms with Crippen LogP contribution in [0.3, 0.4) is 0 Å². The van der Waals surface area contributed by atoms with E-state index in [0.29, 0.717) is 36.5 Å². The van der Waals surface area contributed by atoms with Crippen molar-refractivity contribution in [2.75, 3.05) is 0 Å². The maximum atomic E-state index is 13.3. The molecule has 0 heterocycles. The predicted molar refractivity (Wildman–Crippen MR) is 105 cm³/mol. The van der Waals surface area contributed by atoms with Crippen LogP contribution in [0.4, 0.5) is 22.0 Å². The fourth-order valence-electron chi connectivity index (χ4n) is 9.00. The van der Waals surface area contributed by atoms with E-state index in [1.165, 1.54) is 0 Å². The fourth-order valence-corrected chi connectivity index (χ4v) is 9.00. The molecule has 9 unspecified atom stereocenters. The van der Waals surface area contributed by atoms with Crippen molar-refractivity contribution in [1.82, 2.24) is 0 Å². The van der Waals surface area contributed by atoms with Crippen molar-refractivity contribution in [1.29, 1.82) is 0 Å². The normalized spacial score (nSPS) is 48.7. The van der Waals surface area contributed by atoms with Gasteiger partial charge in [0.05, 0.1) is 0 Å². The van der Waals surface area contributed by atoms with Crippen molar-refractivity contribution in [2.45, 2.75) is 97.6 Å². The zero-order valence-electron chi connectivity index (χ0n) is 18.1. The van der Waals surface area contributed by atoms with Gasteiger partial charge in [0, 0.05) is 12.3 Å². The van der Waals surface area contributed by atoms with Gasteiger partial charge in [-0.15, -0.1) is 0 Å². The number of rotatable bonds is 3. The van der Waals surface area contributed by atoms with Gasteiger partial charge in [-0.1, -0.05) is 20.8 Å². The van der Waals surface area contributed by atoms with Crippen molar-refractivity contribution in [2.24, 2.45) is 52.3 Å². The first-order valence-corrected chi connectivity index (χ1v) is 11.8. The molecule has 4 aliphatic carbocycles. The maximum Gasteiger partial charge on any atom is 0.389 e. The minimum absolute atomic E-state index is 0.0230. The van der Waals surface area contributed by atoms with Crippen LogP contribution in [-0.4, -0.2) is 12.6 Å². The summed E-state index contributed by atoms with van der Waals surface area (Å²) in [6.45, 7) is 6.44. The van der Waals surface area contributed by atoms with Crippen LogP contribution in [-0.2, 0) is 0 Å². The van der Waals surface area contributed by atoms with Crippen molar-refractivity contribution in [3.63, 3.8) is 0 Å². The third kappa shape index (κ3) is 3.64. The van der Waals surface area contributed by atoms with Gasteiger partial charge in [-0.2, -0.15) is 13.2 Å². The van der Waals surface area contributed by atoms with Crippen LogP contribution < -0.4 is 0 Å². The Morgan fingerprint density at radius 3 is 2.17 bits per heavy atom. The third-order valence-corrected chi connectivity index (χ3v) is 10.4. The average molecular weight is 421 g/mol. The highest BCUT2D eigenvalue weighted by Gasteiger charge is 2.61. The van der Waals surface area contributed by atoms with Crippen molar-refractivity contribution < 1.29 is 22.0 Å². The zero-order chi connectivity index (χ0) is 21.2. The summed E-state index contributed by atoms with van der Waals surface area (Å²) in [6.07, 6.45) is 1.50. The molecule has 168 valence electrons. The molecule has 29 heavy (non-hydrogen) atoms. The van der Waals surface area contributed by atoms with Crippen LogP contribution >= 0.6 is 0 Å². The molecule has 0 aromatic rings. The molecule has 0 saturated heterocycles. The van der Waals surface area contributed by atoms with Crippen molar-refractivity contribution >= 4 is 0 Å². The van der Waals surface area contributed by atoms with Gasteiger partial charge in [-0.25, -0.2) is 8.78 Å². The van der Waals surface area contributed by atoms with Gasteiger partial charge in [-0.05, 0) is 104 Å². The molecular formula is C24H37F5. The van der Waals surface area contributed by atoms with Crippen LogP contribution in [0.1, 0.15) is 85.0 Å². The number of hydrogen-bond donors (Lipinski definition) is 0. The minimum Gasteiger partial charge on any atom is -0.210 e. The molecule has 0 radical (unpaired) electrons. The Balaban J connectivity index is 1.51. The van der Waals surface area contributed by atoms with Gasteiger partial charge in [0.15, 0.2) is 0 Å². The summed E-state index contributed by atoms with van der Waals surface area (Å²) in [6, 6.07) is 0. The topological polar surface area (TPSA) is 0 Å². The molecule has 0 aromatic heterocycles. The van der Waals surface area contributed by atoms with Gasteiger partial charge in [0.25, 0.3) is 0 Å². The molecule has 4 aliphatic rings. The number of halogens is 5. The second kappa shape index (κ2) is 7.36. The monoisotopic (exact) mass is 420 g/mol. The zero-order valence-corrected chi connectivity index (χ0v) is 18.1. The highest BCUT2D eigenvalue weighted by atomic mass is 19.4. The first-order valence-electron chi connectivity index (χ1n) is 11.8. The molecule has 4 fully saturated rings. The van der Waals surface area contributed by atoms with E-state index in [1.807, 2.05) is 6.92 Å². The van der Waals surface area contributed by atoms with Crippen LogP contribution in [0.2, 0.25) is 0 Å². The Bertz CT molecular complexity index is 601. The highest BCUT2D eigenvalue weighted by Crippen LogP contribution is 2.69. The molecule has 0 spiro atoms. The first-order chi connectivity index (χ1) is 13.5. The third-order valence-electron chi connectivity index (χ3n) is 10.4. The lowest BCUT2D eigenvalue weighted by Crippen LogP contribution is -2.54. The Kier molecular flexibility index (Phi) is 5.55. The van der Waals surface area contributed by atoms with E-state index >= 15 is 0 Å². The molecule has 0 amide bonds. The van der Waals surface area contributed by atoms with E-state index < -0.39 is 24.9 Å². The fraction of sp³-hybridized carbons (Fsp3) is 1.00. The van der Waals surface area contributed by atoms with Gasteiger partial charge < -0.3 is 0 Å². The lowest BCUT2D eigenvalue weighted by molar-refractivity contribution is -0.157. The second-order valence-electron chi connectivity index (χ2n) is 11.6. The van der Waals surface area contributed by atoms with Gasteiger partial charge >= 0.3 is 6.18 Å². The Morgan fingerprint density at radius 1 is 0.862 bits per heavy atom.